The summed E-state index contributed by atoms with van der Waals surface area (Å²) in [5, 5.41) is 8.15. The number of likely N-dealkylation sites (tertiary alicyclic amines) is 1. The Labute approximate surface area is 217 Å². The van der Waals surface area contributed by atoms with Gasteiger partial charge in [0, 0.05) is 24.1 Å². The molecular formula is C29H43ClN2O3. The molecule has 0 aliphatic carbocycles. The first-order chi connectivity index (χ1) is 17.0. The molecule has 2 aromatic rings. The highest BCUT2D eigenvalue weighted by Gasteiger charge is 2.10. The lowest BCUT2D eigenvalue weighted by Crippen LogP contribution is -2.20. The number of nitrogens with one attached hydrogen (secondary N) is 1. The van der Waals surface area contributed by atoms with Gasteiger partial charge in [-0.05, 0) is 107 Å². The second-order valence-electron chi connectivity index (χ2n) is 8.54. The number of carbonyl (C=O) groups is 1. The smallest absolute Gasteiger partial charge is 0.162 e. The molecule has 0 unspecified atom stereocenters. The highest BCUT2D eigenvalue weighted by Crippen LogP contribution is 2.15. The molecule has 0 bridgehead atoms. The first-order valence-electron chi connectivity index (χ1n) is 12.6. The Bertz CT molecular complexity index is 804. The predicted octanol–water partition coefficient (Wildman–Crippen LogP) is 6.98. The van der Waals surface area contributed by atoms with E-state index >= 15 is 0 Å². The Kier molecular flexibility index (Phi) is 17.7. The van der Waals surface area contributed by atoms with Gasteiger partial charge in [-0.2, -0.15) is 0 Å². The van der Waals surface area contributed by atoms with Crippen LogP contribution in [0.5, 0.6) is 5.75 Å². The number of allylic oxidation sites excluding steroid dienone is 1. The zero-order valence-electron chi connectivity index (χ0n) is 21.5. The number of Topliss-reactive ketones (excluding diaryl/α,β-unsaturated/α-hetero) is 1. The number of nitrogens with zero attached hydrogens (tertiary/aromatic N) is 1. The maximum absolute atomic E-state index is 11.8. The van der Waals surface area contributed by atoms with E-state index in [0.29, 0.717) is 6.42 Å². The Morgan fingerprint density at radius 1 is 1.06 bits per heavy atom. The highest BCUT2D eigenvalue weighted by atomic mass is 35.5. The van der Waals surface area contributed by atoms with Crippen molar-refractivity contribution in [2.45, 2.75) is 57.8 Å². The summed E-state index contributed by atoms with van der Waals surface area (Å²) in [7, 11) is 3.05. The molecule has 1 aliphatic rings. The molecule has 3 rings (SSSR count). The van der Waals surface area contributed by atoms with Gasteiger partial charge in [0.2, 0.25) is 0 Å². The van der Waals surface area contributed by atoms with Crippen LogP contribution < -0.4 is 10.2 Å². The molecule has 2 N–H and O–H groups in total. The van der Waals surface area contributed by atoms with Crippen molar-refractivity contribution >= 4 is 17.4 Å². The van der Waals surface area contributed by atoms with Crippen LogP contribution in [0.2, 0.25) is 5.02 Å². The van der Waals surface area contributed by atoms with Crippen molar-refractivity contribution in [3.05, 3.63) is 77.3 Å². The molecule has 35 heavy (non-hydrogen) atoms. The molecule has 6 heteroatoms. The largest absolute Gasteiger partial charge is 0.497 e. The number of ether oxygens (including phenoxy) is 1. The Balaban J connectivity index is 0.000000316. The number of hydrogen-bond acceptors (Lipinski definition) is 5. The van der Waals surface area contributed by atoms with E-state index < -0.39 is 0 Å². The van der Waals surface area contributed by atoms with Gasteiger partial charge in [0.05, 0.1) is 7.11 Å². The van der Waals surface area contributed by atoms with E-state index in [-0.39, 0.29) is 5.78 Å². The zero-order valence-corrected chi connectivity index (χ0v) is 22.2. The van der Waals surface area contributed by atoms with Gasteiger partial charge < -0.3 is 14.8 Å². The fourth-order valence-electron chi connectivity index (χ4n) is 3.84. The van der Waals surface area contributed by atoms with E-state index in [1.165, 1.54) is 57.9 Å². The molecule has 5 nitrogen and oxygen atoms in total. The van der Waals surface area contributed by atoms with Gasteiger partial charge in [-0.25, -0.2) is 5.48 Å². The minimum absolute atomic E-state index is 0.214. The first kappa shape index (κ1) is 30.9. The van der Waals surface area contributed by atoms with Crippen molar-refractivity contribution in [3.8, 4) is 5.75 Å². The van der Waals surface area contributed by atoms with Crippen molar-refractivity contribution in [2.75, 3.05) is 33.8 Å². The number of halogens is 1. The van der Waals surface area contributed by atoms with Crippen LogP contribution in [-0.4, -0.2) is 49.7 Å². The van der Waals surface area contributed by atoms with Crippen LogP contribution in [0, 0.1) is 0 Å². The number of benzene rings is 2. The standard InChI is InChI=1S/C15H20O2.C13H18ClN.CH5NO/c1-3-4-5-6-7-8-15(16)13-9-11-14(17-2)12-10-13;14-13-7-5-12(6-8-13)4-3-11-15-9-1-2-10-15;1-2-3/h3,9-12H,1,4-8H2,2H3;5-8H,1-4,9-11H2;2-3H,1H3. The molecule has 1 heterocycles. The monoisotopic (exact) mass is 502 g/mol. The number of rotatable bonds is 12. The van der Waals surface area contributed by atoms with Crippen molar-refractivity contribution in [1.29, 1.82) is 0 Å². The van der Waals surface area contributed by atoms with E-state index in [1.54, 1.807) is 12.6 Å². The van der Waals surface area contributed by atoms with Crippen LogP contribution in [0.1, 0.15) is 67.3 Å². The summed E-state index contributed by atoms with van der Waals surface area (Å²) in [4.78, 5) is 14.4. The third-order valence-corrected chi connectivity index (χ3v) is 6.03. The minimum atomic E-state index is 0.214. The van der Waals surface area contributed by atoms with Crippen LogP contribution in [0.25, 0.3) is 0 Å². The number of ketones is 1. The highest BCUT2D eigenvalue weighted by molar-refractivity contribution is 6.30. The van der Waals surface area contributed by atoms with E-state index in [1.807, 2.05) is 42.5 Å². The summed E-state index contributed by atoms with van der Waals surface area (Å²) < 4.78 is 5.05. The van der Waals surface area contributed by atoms with Gasteiger partial charge in [0.1, 0.15) is 5.75 Å². The summed E-state index contributed by atoms with van der Waals surface area (Å²) in [5.41, 5.74) is 3.92. The lowest BCUT2D eigenvalue weighted by molar-refractivity contribution is 0.0979. The number of methoxy groups -OCH3 is 1. The van der Waals surface area contributed by atoms with E-state index in [4.69, 9.17) is 21.5 Å². The van der Waals surface area contributed by atoms with Gasteiger partial charge in [0.15, 0.2) is 5.78 Å². The topological polar surface area (TPSA) is 61.8 Å². The van der Waals surface area contributed by atoms with Crippen molar-refractivity contribution < 1.29 is 14.7 Å². The lowest BCUT2D eigenvalue weighted by atomic mass is 10.0. The fraction of sp³-hybridized carbons (Fsp3) is 0.483. The van der Waals surface area contributed by atoms with Crippen molar-refractivity contribution in [2.24, 2.45) is 0 Å². The first-order valence-corrected chi connectivity index (χ1v) is 13.0. The van der Waals surface area contributed by atoms with Gasteiger partial charge in [-0.3, -0.25) is 4.79 Å². The molecule has 0 radical (unpaired) electrons. The van der Waals surface area contributed by atoms with Crippen molar-refractivity contribution in [1.82, 2.24) is 10.4 Å². The van der Waals surface area contributed by atoms with Crippen LogP contribution in [0.15, 0.2) is 61.2 Å². The lowest BCUT2D eigenvalue weighted by Gasteiger charge is -2.13. The quantitative estimate of drug-likeness (QED) is 0.142. The van der Waals surface area contributed by atoms with Crippen LogP contribution in [-0.2, 0) is 6.42 Å². The van der Waals surface area contributed by atoms with Crippen LogP contribution in [0.4, 0.5) is 0 Å². The SMILES string of the molecule is C=CCCCCCC(=O)c1ccc(OC)cc1.CNO.Clc1ccc(CCCN2CCCC2)cc1. The summed E-state index contributed by atoms with van der Waals surface area (Å²) in [5.74, 6) is 0.999. The molecule has 0 saturated carbocycles. The fourth-order valence-corrected chi connectivity index (χ4v) is 3.96. The van der Waals surface area contributed by atoms with Crippen LogP contribution >= 0.6 is 11.6 Å². The van der Waals surface area contributed by atoms with E-state index in [9.17, 15) is 4.79 Å². The number of hydrogen-bond donors (Lipinski definition) is 2. The average Bonchev–Trinajstić information content (AvgIpc) is 3.40. The number of aryl methyl sites for hydroxylation is 1. The van der Waals surface area contributed by atoms with Gasteiger partial charge in [-0.15, -0.1) is 6.58 Å². The predicted molar refractivity (Wildman–Crippen MR) is 147 cm³/mol. The number of unbranched alkanes of at least 4 members (excludes halogenated alkanes) is 3. The summed E-state index contributed by atoms with van der Waals surface area (Å²) in [6.45, 7) is 7.54. The molecule has 0 aromatic heterocycles. The molecule has 1 fully saturated rings. The molecule has 194 valence electrons. The molecule has 1 saturated heterocycles. The summed E-state index contributed by atoms with van der Waals surface area (Å²) in [6, 6.07) is 15.5. The number of carbonyl (C=O) groups excluding carboxylic acids is 1. The molecule has 0 amide bonds. The second-order valence-corrected chi connectivity index (χ2v) is 8.98. The number of hydroxylamine groups is 1. The molecule has 2 aromatic carbocycles. The Hall–Kier alpha value is -2.18. The zero-order chi connectivity index (χ0) is 25.7. The third-order valence-electron chi connectivity index (χ3n) is 5.78. The molecule has 1 aliphatic heterocycles. The summed E-state index contributed by atoms with van der Waals surface area (Å²) >= 11 is 5.84. The van der Waals surface area contributed by atoms with Gasteiger partial charge in [0.25, 0.3) is 0 Å². The maximum atomic E-state index is 11.8. The third kappa shape index (κ3) is 14.7. The average molecular weight is 503 g/mol. The normalized spacial score (nSPS) is 12.7. The Morgan fingerprint density at radius 2 is 1.69 bits per heavy atom. The Morgan fingerprint density at radius 3 is 2.26 bits per heavy atom. The van der Waals surface area contributed by atoms with Crippen molar-refractivity contribution in [3.63, 3.8) is 0 Å². The van der Waals surface area contributed by atoms with E-state index in [0.717, 1.165) is 42.0 Å². The van der Waals surface area contributed by atoms with E-state index in [2.05, 4.69) is 23.6 Å². The van der Waals surface area contributed by atoms with Crippen LogP contribution in [0.3, 0.4) is 0 Å². The molecule has 0 spiro atoms. The van der Waals surface area contributed by atoms with Gasteiger partial charge >= 0.3 is 0 Å². The summed E-state index contributed by atoms with van der Waals surface area (Å²) in [6.07, 6.45) is 12.0. The second kappa shape index (κ2) is 20.1. The molecular weight excluding hydrogens is 460 g/mol. The molecule has 0 atom stereocenters. The maximum Gasteiger partial charge on any atom is 0.162 e. The van der Waals surface area contributed by atoms with Gasteiger partial charge in [-0.1, -0.05) is 36.2 Å². The minimum Gasteiger partial charge on any atom is -0.497 e.